The number of benzene rings is 1. The fourth-order valence-electron chi connectivity index (χ4n) is 3.80. The van der Waals surface area contributed by atoms with Crippen LogP contribution >= 0.6 is 0 Å². The van der Waals surface area contributed by atoms with Gasteiger partial charge in [-0.15, -0.1) is 0 Å². The quantitative estimate of drug-likeness (QED) is 0.617. The van der Waals surface area contributed by atoms with Gasteiger partial charge >= 0.3 is 5.97 Å². The van der Waals surface area contributed by atoms with Crippen molar-refractivity contribution in [1.29, 1.82) is 0 Å². The molecule has 1 aliphatic rings. The summed E-state index contributed by atoms with van der Waals surface area (Å²) in [7, 11) is 0. The van der Waals surface area contributed by atoms with Crippen molar-refractivity contribution in [2.24, 2.45) is 0 Å². The number of carbonyl (C=O) groups excluding carboxylic acids is 2. The van der Waals surface area contributed by atoms with Gasteiger partial charge in [0.2, 0.25) is 0 Å². The van der Waals surface area contributed by atoms with Crippen LogP contribution in [0.5, 0.6) is 0 Å². The molecule has 0 radical (unpaired) electrons. The van der Waals surface area contributed by atoms with E-state index in [9.17, 15) is 9.59 Å². The number of allylic oxidation sites excluding steroid dienone is 1. The summed E-state index contributed by atoms with van der Waals surface area (Å²) >= 11 is 0. The highest BCUT2D eigenvalue weighted by molar-refractivity contribution is 6.07. The summed E-state index contributed by atoms with van der Waals surface area (Å²) in [5, 5.41) is 3.58. The number of carbonyl (C=O) groups is 2. The molecule has 1 atom stereocenters. The molecule has 6 nitrogen and oxygen atoms in total. The number of amides is 1. The van der Waals surface area contributed by atoms with E-state index in [1.807, 2.05) is 63.2 Å². The summed E-state index contributed by atoms with van der Waals surface area (Å²) < 4.78 is 11.1. The second kappa shape index (κ2) is 8.02. The number of fused-ring (bicyclic) bond motifs is 2. The van der Waals surface area contributed by atoms with Crippen LogP contribution in [0.2, 0.25) is 0 Å². The largest absolute Gasteiger partial charge is 0.465 e. The molecular weight excluding hydrogens is 392 g/mol. The van der Waals surface area contributed by atoms with Gasteiger partial charge in [-0.3, -0.25) is 4.79 Å². The number of para-hydroxylation sites is 1. The maximum atomic E-state index is 13.3. The van der Waals surface area contributed by atoms with Gasteiger partial charge in [0.15, 0.2) is 6.10 Å². The Balaban J connectivity index is 1.72. The van der Waals surface area contributed by atoms with Crippen LogP contribution in [0.4, 0.5) is 0 Å². The van der Waals surface area contributed by atoms with Gasteiger partial charge in [-0.2, -0.15) is 0 Å². The van der Waals surface area contributed by atoms with E-state index in [1.54, 1.807) is 13.2 Å². The lowest BCUT2D eigenvalue weighted by Crippen LogP contribution is -2.46. The van der Waals surface area contributed by atoms with Gasteiger partial charge in [0.25, 0.3) is 5.91 Å². The normalized spacial score (nSPS) is 15.7. The van der Waals surface area contributed by atoms with E-state index >= 15 is 0 Å². The lowest BCUT2D eigenvalue weighted by molar-refractivity contribution is -0.130. The molecule has 0 saturated carbocycles. The van der Waals surface area contributed by atoms with Crippen molar-refractivity contribution >= 4 is 34.4 Å². The summed E-state index contributed by atoms with van der Waals surface area (Å²) in [5.74, 6) is -0.0886. The average Bonchev–Trinajstić information content (AvgIpc) is 3.35. The number of hydrogen-bond acceptors (Lipinski definition) is 5. The van der Waals surface area contributed by atoms with E-state index in [0.717, 1.165) is 34.4 Å². The van der Waals surface area contributed by atoms with Crippen LogP contribution in [0, 0.1) is 0 Å². The first-order valence-electron chi connectivity index (χ1n) is 10.4. The van der Waals surface area contributed by atoms with Crippen molar-refractivity contribution < 1.29 is 18.7 Å². The maximum absolute atomic E-state index is 13.3. The van der Waals surface area contributed by atoms with Crippen molar-refractivity contribution in [2.75, 3.05) is 0 Å². The number of furan rings is 1. The van der Waals surface area contributed by atoms with Crippen molar-refractivity contribution in [3.8, 4) is 0 Å². The van der Waals surface area contributed by atoms with Crippen LogP contribution in [0.3, 0.4) is 0 Å². The molecule has 6 heteroatoms. The third kappa shape index (κ3) is 4.38. The third-order valence-corrected chi connectivity index (χ3v) is 5.16. The van der Waals surface area contributed by atoms with E-state index in [-0.39, 0.29) is 5.91 Å². The minimum Gasteiger partial charge on any atom is -0.465 e. The lowest BCUT2D eigenvalue weighted by atomic mass is 10.0. The molecule has 1 N–H and O–H groups in total. The van der Waals surface area contributed by atoms with Crippen molar-refractivity contribution in [1.82, 2.24) is 10.3 Å². The van der Waals surface area contributed by atoms with Crippen LogP contribution in [-0.2, 0) is 16.0 Å². The van der Waals surface area contributed by atoms with Gasteiger partial charge < -0.3 is 14.5 Å². The van der Waals surface area contributed by atoms with Gasteiger partial charge in [0.05, 0.1) is 23.0 Å². The van der Waals surface area contributed by atoms with Crippen LogP contribution in [0.15, 0.2) is 47.1 Å². The summed E-state index contributed by atoms with van der Waals surface area (Å²) in [6.07, 6.45) is 4.10. The Morgan fingerprint density at radius 2 is 1.94 bits per heavy atom. The van der Waals surface area contributed by atoms with Crippen LogP contribution in [0.25, 0.3) is 22.6 Å². The summed E-state index contributed by atoms with van der Waals surface area (Å²) in [6.45, 7) is 7.24. The highest BCUT2D eigenvalue weighted by Gasteiger charge is 2.30. The Bertz CT molecular complexity index is 1170. The molecule has 0 saturated heterocycles. The Kier molecular flexibility index (Phi) is 5.39. The minimum atomic E-state index is -0.908. The predicted octanol–water partition coefficient (Wildman–Crippen LogP) is 4.77. The summed E-state index contributed by atoms with van der Waals surface area (Å²) in [6, 6.07) is 11.2. The molecule has 31 heavy (non-hydrogen) atoms. The molecular formula is C25H26N2O4. The predicted molar refractivity (Wildman–Crippen MR) is 119 cm³/mol. The number of ether oxygens (including phenoxy) is 1. The first-order chi connectivity index (χ1) is 14.7. The van der Waals surface area contributed by atoms with E-state index in [4.69, 9.17) is 14.1 Å². The highest BCUT2D eigenvalue weighted by atomic mass is 16.5. The molecule has 0 bridgehead atoms. The average molecular weight is 418 g/mol. The van der Waals surface area contributed by atoms with Gasteiger partial charge in [-0.25, -0.2) is 9.78 Å². The summed E-state index contributed by atoms with van der Waals surface area (Å²) in [5.41, 5.74) is 3.45. The highest BCUT2D eigenvalue weighted by Crippen LogP contribution is 2.38. The Labute approximate surface area is 181 Å². The van der Waals surface area contributed by atoms with E-state index < -0.39 is 17.6 Å². The molecule has 160 valence electrons. The van der Waals surface area contributed by atoms with Crippen LogP contribution in [-0.4, -0.2) is 28.5 Å². The summed E-state index contributed by atoms with van der Waals surface area (Å²) in [4.78, 5) is 30.5. The molecule has 2 heterocycles. The molecule has 0 aliphatic heterocycles. The number of rotatable bonds is 4. The Hall–Kier alpha value is -3.41. The third-order valence-electron chi connectivity index (χ3n) is 5.16. The Morgan fingerprint density at radius 1 is 1.16 bits per heavy atom. The second-order valence-electron chi connectivity index (χ2n) is 8.80. The van der Waals surface area contributed by atoms with E-state index in [0.29, 0.717) is 17.5 Å². The van der Waals surface area contributed by atoms with Gasteiger partial charge in [0.1, 0.15) is 5.76 Å². The molecule has 4 rings (SSSR count). The van der Waals surface area contributed by atoms with Crippen molar-refractivity contribution in [3.63, 3.8) is 0 Å². The van der Waals surface area contributed by atoms with Crippen molar-refractivity contribution in [3.05, 3.63) is 65.2 Å². The topological polar surface area (TPSA) is 81.4 Å². The minimum absolute atomic E-state index is 0.325. The van der Waals surface area contributed by atoms with Gasteiger partial charge in [0, 0.05) is 10.9 Å². The van der Waals surface area contributed by atoms with Gasteiger partial charge in [-0.05, 0) is 75.9 Å². The zero-order valence-corrected chi connectivity index (χ0v) is 18.2. The maximum Gasteiger partial charge on any atom is 0.339 e. The fraction of sp³-hybridized carbons (Fsp3) is 0.320. The number of nitrogens with zero attached hydrogens (tertiary/aromatic N) is 1. The van der Waals surface area contributed by atoms with Gasteiger partial charge in [-0.1, -0.05) is 18.2 Å². The number of aromatic nitrogens is 1. The molecule has 0 unspecified atom stereocenters. The molecule has 2 aromatic heterocycles. The number of pyridine rings is 1. The SMILES string of the molecule is C[C@@H](OC(=O)c1c2c(nc3ccccc13)/C(=C/c1ccco1)CC2)C(=O)NC(C)(C)C. The fourth-order valence-corrected chi connectivity index (χ4v) is 3.80. The standard InChI is InChI=1S/C25H26N2O4/c1-15(23(28)27-25(2,3)4)31-24(29)21-18-9-5-6-10-20(18)26-22-16(11-12-19(21)22)14-17-8-7-13-30-17/h5-10,13-15H,11-12H2,1-4H3,(H,27,28)/b16-14+/t15-/m1/s1. The smallest absolute Gasteiger partial charge is 0.339 e. The number of hydrogen-bond donors (Lipinski definition) is 1. The molecule has 0 spiro atoms. The number of nitrogens with one attached hydrogen (secondary N) is 1. The molecule has 0 fully saturated rings. The molecule has 1 aromatic carbocycles. The zero-order valence-electron chi connectivity index (χ0n) is 18.2. The van der Waals surface area contributed by atoms with E-state index in [1.165, 1.54) is 0 Å². The van der Waals surface area contributed by atoms with Crippen molar-refractivity contribution in [2.45, 2.75) is 52.2 Å². The van der Waals surface area contributed by atoms with E-state index in [2.05, 4.69) is 5.32 Å². The number of esters is 1. The molecule has 1 aliphatic carbocycles. The Morgan fingerprint density at radius 3 is 2.65 bits per heavy atom. The monoisotopic (exact) mass is 418 g/mol. The molecule has 1 amide bonds. The lowest BCUT2D eigenvalue weighted by Gasteiger charge is -2.23. The first kappa shape index (κ1) is 20.8. The second-order valence-corrected chi connectivity index (χ2v) is 8.80. The van der Waals surface area contributed by atoms with Crippen LogP contribution in [0.1, 0.15) is 61.5 Å². The molecule has 3 aromatic rings. The zero-order chi connectivity index (χ0) is 22.2. The van der Waals surface area contributed by atoms with Crippen LogP contribution < -0.4 is 5.32 Å². The first-order valence-corrected chi connectivity index (χ1v) is 10.4.